The summed E-state index contributed by atoms with van der Waals surface area (Å²) in [6.07, 6.45) is 1.50. The summed E-state index contributed by atoms with van der Waals surface area (Å²) in [4.78, 5) is 40.4. The highest BCUT2D eigenvalue weighted by Gasteiger charge is 2.51. The molecule has 0 radical (unpaired) electrons. The van der Waals surface area contributed by atoms with E-state index in [1.54, 1.807) is 34.1 Å². The molecular weight excluding hydrogens is 310 g/mol. The number of hydrogen-bond donors (Lipinski definition) is 1. The van der Waals surface area contributed by atoms with E-state index < -0.39 is 12.1 Å². The number of amides is 3. The molecule has 1 aromatic carbocycles. The highest BCUT2D eigenvalue weighted by atomic mass is 16.6. The summed E-state index contributed by atoms with van der Waals surface area (Å²) in [7, 11) is 0. The molecule has 0 aliphatic carbocycles. The summed E-state index contributed by atoms with van der Waals surface area (Å²) in [5, 5.41) is 2.76. The van der Waals surface area contributed by atoms with Gasteiger partial charge in [0, 0.05) is 13.1 Å². The van der Waals surface area contributed by atoms with Gasteiger partial charge in [-0.05, 0) is 31.4 Å². The van der Waals surface area contributed by atoms with E-state index in [9.17, 15) is 14.4 Å². The Balaban J connectivity index is 1.40. The fourth-order valence-electron chi connectivity index (χ4n) is 3.88. The Bertz CT molecular complexity index is 648. The molecule has 126 valence electrons. The van der Waals surface area contributed by atoms with Gasteiger partial charge in [0.2, 0.25) is 11.8 Å². The predicted octanol–water partition coefficient (Wildman–Crippen LogP) is 0.749. The topological polar surface area (TPSA) is 79.0 Å². The van der Waals surface area contributed by atoms with Crippen LogP contribution in [0.2, 0.25) is 0 Å². The number of carbonyl (C=O) groups is 3. The van der Waals surface area contributed by atoms with Gasteiger partial charge < -0.3 is 19.9 Å². The highest BCUT2D eigenvalue weighted by Crippen LogP contribution is 2.32. The normalized spacial score (nSPS) is 28.6. The van der Waals surface area contributed by atoms with E-state index in [4.69, 9.17) is 4.74 Å². The first-order chi connectivity index (χ1) is 11.6. The monoisotopic (exact) mass is 329 g/mol. The maximum absolute atomic E-state index is 12.5. The second kappa shape index (κ2) is 5.81. The molecule has 3 saturated heterocycles. The number of nitrogens with one attached hydrogen (secondary N) is 1. The van der Waals surface area contributed by atoms with Gasteiger partial charge >= 0.3 is 6.09 Å². The molecule has 1 aromatic rings. The van der Waals surface area contributed by atoms with E-state index >= 15 is 0 Å². The van der Waals surface area contributed by atoms with Crippen molar-refractivity contribution in [3.63, 3.8) is 0 Å². The second-order valence-electron chi connectivity index (χ2n) is 6.48. The van der Waals surface area contributed by atoms with Gasteiger partial charge in [-0.2, -0.15) is 0 Å². The van der Waals surface area contributed by atoms with Crippen molar-refractivity contribution in [2.45, 2.75) is 37.4 Å². The molecule has 0 bridgehead atoms. The molecule has 0 unspecified atom stereocenters. The molecule has 7 heteroatoms. The molecule has 0 spiro atoms. The zero-order valence-corrected chi connectivity index (χ0v) is 13.2. The SMILES string of the molecule is O=C(N[C@H]1C[C@H]2C(=O)N3CCC[C@@H]3C(=O)N2C1)Oc1ccccc1. The Kier molecular flexibility index (Phi) is 3.63. The standard InChI is InChI=1S/C17H19N3O4/c21-15-13-7-4-8-19(13)16(22)14-9-11(10-20(14)15)18-17(23)24-12-5-2-1-3-6-12/h1-3,5-6,11,13-14H,4,7-10H2,(H,18,23)/t11-,13+,14-/m0/s1. The summed E-state index contributed by atoms with van der Waals surface area (Å²) < 4.78 is 5.21. The molecule has 3 amide bonds. The minimum atomic E-state index is -0.563. The largest absolute Gasteiger partial charge is 0.412 e. The molecule has 0 aromatic heterocycles. The lowest BCUT2D eigenvalue weighted by Crippen LogP contribution is -2.60. The molecule has 3 heterocycles. The van der Waals surface area contributed by atoms with Crippen LogP contribution in [0.15, 0.2) is 30.3 Å². The van der Waals surface area contributed by atoms with E-state index in [1.165, 1.54) is 0 Å². The quantitative estimate of drug-likeness (QED) is 0.868. The Labute approximate surface area is 139 Å². The van der Waals surface area contributed by atoms with E-state index in [2.05, 4.69) is 5.32 Å². The van der Waals surface area contributed by atoms with Gasteiger partial charge in [-0.3, -0.25) is 9.59 Å². The van der Waals surface area contributed by atoms with Crippen LogP contribution in [0.3, 0.4) is 0 Å². The zero-order valence-electron chi connectivity index (χ0n) is 13.2. The number of benzene rings is 1. The van der Waals surface area contributed by atoms with Crippen LogP contribution in [0.1, 0.15) is 19.3 Å². The molecule has 3 aliphatic heterocycles. The van der Waals surface area contributed by atoms with Crippen LogP contribution in [0.4, 0.5) is 4.79 Å². The third kappa shape index (κ3) is 2.50. The molecule has 3 fully saturated rings. The van der Waals surface area contributed by atoms with Crippen molar-refractivity contribution in [3.8, 4) is 5.75 Å². The number of rotatable bonds is 2. The van der Waals surface area contributed by atoms with E-state index in [-0.39, 0.29) is 23.9 Å². The summed E-state index contributed by atoms with van der Waals surface area (Å²) in [5.74, 6) is 0.481. The Hall–Kier alpha value is -2.57. The van der Waals surface area contributed by atoms with Gasteiger partial charge in [0.25, 0.3) is 0 Å². The summed E-state index contributed by atoms with van der Waals surface area (Å²) in [5.41, 5.74) is 0. The third-order valence-electron chi connectivity index (χ3n) is 4.97. The molecule has 7 nitrogen and oxygen atoms in total. The summed E-state index contributed by atoms with van der Waals surface area (Å²) >= 11 is 0. The average Bonchev–Trinajstić information content (AvgIpc) is 3.21. The Morgan fingerprint density at radius 1 is 1.08 bits per heavy atom. The van der Waals surface area contributed by atoms with Gasteiger partial charge in [-0.15, -0.1) is 0 Å². The lowest BCUT2D eigenvalue weighted by molar-refractivity contribution is -0.156. The first-order valence-electron chi connectivity index (χ1n) is 8.28. The van der Waals surface area contributed by atoms with Crippen LogP contribution in [0, 0.1) is 0 Å². The highest BCUT2D eigenvalue weighted by molar-refractivity contribution is 5.98. The molecule has 0 saturated carbocycles. The van der Waals surface area contributed by atoms with Gasteiger partial charge in [0.05, 0.1) is 6.04 Å². The van der Waals surface area contributed by atoms with E-state index in [1.807, 2.05) is 6.07 Å². The Morgan fingerprint density at radius 3 is 2.62 bits per heavy atom. The number of fused-ring (bicyclic) bond motifs is 2. The first-order valence-corrected chi connectivity index (χ1v) is 8.28. The van der Waals surface area contributed by atoms with Crippen molar-refractivity contribution in [2.24, 2.45) is 0 Å². The van der Waals surface area contributed by atoms with Crippen molar-refractivity contribution >= 4 is 17.9 Å². The number of para-hydroxylation sites is 1. The summed E-state index contributed by atoms with van der Waals surface area (Å²) in [6, 6.07) is 7.77. The van der Waals surface area contributed by atoms with Crippen molar-refractivity contribution < 1.29 is 19.1 Å². The third-order valence-corrected chi connectivity index (χ3v) is 4.97. The fraction of sp³-hybridized carbons (Fsp3) is 0.471. The van der Waals surface area contributed by atoms with Gasteiger partial charge in [0.1, 0.15) is 17.8 Å². The maximum Gasteiger partial charge on any atom is 0.412 e. The fourth-order valence-corrected chi connectivity index (χ4v) is 3.88. The molecule has 4 rings (SSSR count). The van der Waals surface area contributed by atoms with Crippen LogP contribution in [0.25, 0.3) is 0 Å². The second-order valence-corrected chi connectivity index (χ2v) is 6.48. The van der Waals surface area contributed by atoms with E-state index in [0.717, 1.165) is 12.8 Å². The number of piperazine rings is 1. The smallest absolute Gasteiger partial charge is 0.410 e. The van der Waals surface area contributed by atoms with Gasteiger partial charge in [-0.1, -0.05) is 18.2 Å². The van der Waals surface area contributed by atoms with Crippen molar-refractivity contribution in [1.82, 2.24) is 15.1 Å². The number of ether oxygens (including phenoxy) is 1. The molecule has 3 aliphatic rings. The molecule has 24 heavy (non-hydrogen) atoms. The number of carbonyl (C=O) groups excluding carboxylic acids is 3. The van der Waals surface area contributed by atoms with Crippen LogP contribution in [-0.2, 0) is 9.59 Å². The number of nitrogens with zero attached hydrogens (tertiary/aromatic N) is 2. The van der Waals surface area contributed by atoms with Crippen molar-refractivity contribution in [2.75, 3.05) is 13.1 Å². The summed E-state index contributed by atoms with van der Waals surface area (Å²) in [6.45, 7) is 1.02. The number of hydrogen-bond acceptors (Lipinski definition) is 4. The molecule has 1 N–H and O–H groups in total. The zero-order chi connectivity index (χ0) is 16.7. The van der Waals surface area contributed by atoms with Crippen LogP contribution < -0.4 is 10.1 Å². The predicted molar refractivity (Wildman–Crippen MR) is 84.2 cm³/mol. The minimum absolute atomic E-state index is 0.0119. The Morgan fingerprint density at radius 2 is 1.83 bits per heavy atom. The van der Waals surface area contributed by atoms with Gasteiger partial charge in [-0.25, -0.2) is 4.79 Å². The molecule has 3 atom stereocenters. The van der Waals surface area contributed by atoms with E-state index in [0.29, 0.717) is 25.3 Å². The van der Waals surface area contributed by atoms with Crippen LogP contribution in [0.5, 0.6) is 5.75 Å². The van der Waals surface area contributed by atoms with Crippen molar-refractivity contribution in [1.29, 1.82) is 0 Å². The molecular formula is C17H19N3O4. The lowest BCUT2D eigenvalue weighted by atomic mass is 10.1. The van der Waals surface area contributed by atoms with Crippen LogP contribution >= 0.6 is 0 Å². The van der Waals surface area contributed by atoms with Crippen LogP contribution in [-0.4, -0.2) is 58.9 Å². The minimum Gasteiger partial charge on any atom is -0.410 e. The maximum atomic E-state index is 12.5. The van der Waals surface area contributed by atoms with Crippen molar-refractivity contribution in [3.05, 3.63) is 30.3 Å². The lowest BCUT2D eigenvalue weighted by Gasteiger charge is -2.38. The van der Waals surface area contributed by atoms with Gasteiger partial charge in [0.15, 0.2) is 0 Å². The average molecular weight is 329 g/mol. The first kappa shape index (κ1) is 15.0.